The highest BCUT2D eigenvalue weighted by Crippen LogP contribution is 2.30. The number of unbranched alkanes of at least 4 members (excludes halogenated alkanes) is 1. The lowest BCUT2D eigenvalue weighted by Crippen LogP contribution is -2.51. The number of benzene rings is 3. The highest BCUT2D eigenvalue weighted by molar-refractivity contribution is 7.90. The Balaban J connectivity index is 1.62. The summed E-state index contributed by atoms with van der Waals surface area (Å²) in [6.45, 7) is 2.24. The Labute approximate surface area is 240 Å². The predicted octanol–water partition coefficient (Wildman–Crippen LogP) is 4.43. The molecule has 210 valence electrons. The van der Waals surface area contributed by atoms with Gasteiger partial charge in [0.05, 0.1) is 5.56 Å². The third kappa shape index (κ3) is 6.71. The molecule has 0 fully saturated rings. The minimum absolute atomic E-state index is 0.0690. The Morgan fingerprint density at radius 3 is 2.38 bits per heavy atom. The molecule has 0 saturated carbocycles. The summed E-state index contributed by atoms with van der Waals surface area (Å²) < 4.78 is 26.8. The summed E-state index contributed by atoms with van der Waals surface area (Å²) in [7, 11) is -4.07. The maximum absolute atomic E-state index is 13.8. The van der Waals surface area contributed by atoms with E-state index in [-0.39, 0.29) is 42.3 Å². The molecule has 1 aliphatic heterocycles. The highest BCUT2D eigenvalue weighted by Gasteiger charge is 2.41. The molecule has 10 heteroatoms. The first-order valence-corrected chi connectivity index (χ1v) is 15.1. The molecular weight excluding hydrogens is 550 g/mol. The number of halogens is 1. The largest absolute Gasteiger partial charge is 0.354 e. The van der Waals surface area contributed by atoms with Gasteiger partial charge in [0.2, 0.25) is 11.8 Å². The predicted molar refractivity (Wildman–Crippen MR) is 153 cm³/mol. The molecule has 40 heavy (non-hydrogen) atoms. The molecule has 4 rings (SSSR count). The van der Waals surface area contributed by atoms with E-state index in [1.807, 2.05) is 43.3 Å². The van der Waals surface area contributed by atoms with Gasteiger partial charge in [0.1, 0.15) is 10.9 Å². The van der Waals surface area contributed by atoms with E-state index >= 15 is 0 Å². The summed E-state index contributed by atoms with van der Waals surface area (Å²) in [5.74, 6) is -1.42. The van der Waals surface area contributed by atoms with Crippen molar-refractivity contribution in [2.24, 2.45) is 0 Å². The van der Waals surface area contributed by atoms with E-state index in [0.29, 0.717) is 11.6 Å². The lowest BCUT2D eigenvalue weighted by atomic mass is 10.0. The van der Waals surface area contributed by atoms with Crippen molar-refractivity contribution in [2.75, 3.05) is 13.1 Å². The molecule has 1 unspecified atom stereocenters. The summed E-state index contributed by atoms with van der Waals surface area (Å²) in [6, 6.07) is 21.5. The van der Waals surface area contributed by atoms with Crippen molar-refractivity contribution in [2.45, 2.75) is 50.1 Å². The maximum atomic E-state index is 13.8. The molecule has 0 aromatic heterocycles. The summed E-state index contributed by atoms with van der Waals surface area (Å²) in [5, 5.41) is 3.44. The van der Waals surface area contributed by atoms with Crippen LogP contribution in [0.15, 0.2) is 83.8 Å². The quantitative estimate of drug-likeness (QED) is 0.319. The summed E-state index contributed by atoms with van der Waals surface area (Å²) in [4.78, 5) is 41.6. The number of amides is 3. The second-order valence-corrected chi connectivity index (χ2v) is 11.9. The van der Waals surface area contributed by atoms with Crippen LogP contribution in [0.3, 0.4) is 0 Å². The van der Waals surface area contributed by atoms with Crippen molar-refractivity contribution in [3.8, 4) is 0 Å². The Hall–Kier alpha value is -3.69. The number of nitrogens with zero attached hydrogens (tertiary/aromatic N) is 2. The van der Waals surface area contributed by atoms with Crippen molar-refractivity contribution >= 4 is 39.3 Å². The van der Waals surface area contributed by atoms with Crippen molar-refractivity contribution in [1.82, 2.24) is 14.5 Å². The smallest absolute Gasteiger partial charge is 0.269 e. The van der Waals surface area contributed by atoms with Crippen molar-refractivity contribution in [3.63, 3.8) is 0 Å². The van der Waals surface area contributed by atoms with E-state index in [2.05, 4.69) is 5.32 Å². The van der Waals surface area contributed by atoms with Crippen LogP contribution in [0.5, 0.6) is 0 Å². The van der Waals surface area contributed by atoms with Crippen LogP contribution in [0, 0.1) is 0 Å². The molecule has 0 radical (unpaired) electrons. The van der Waals surface area contributed by atoms with Crippen LogP contribution in [0.1, 0.15) is 47.7 Å². The molecule has 1 heterocycles. The van der Waals surface area contributed by atoms with Crippen molar-refractivity contribution < 1.29 is 22.8 Å². The normalized spacial score (nSPS) is 14.4. The SMILES string of the molecule is CCCCNC(=O)C(Cc1ccccc1)N(Cc1cccc(Cl)c1)C(=O)CCN1C(=O)c2ccccc2S1(=O)=O. The van der Waals surface area contributed by atoms with Crippen LogP contribution in [-0.4, -0.2) is 54.5 Å². The zero-order chi connectivity index (χ0) is 28.7. The lowest BCUT2D eigenvalue weighted by Gasteiger charge is -2.32. The Bertz CT molecular complexity index is 1480. The molecular formula is C30H32ClN3O5S. The fourth-order valence-corrected chi connectivity index (χ4v) is 6.47. The minimum Gasteiger partial charge on any atom is -0.354 e. The highest BCUT2D eigenvalue weighted by atomic mass is 35.5. The van der Waals surface area contributed by atoms with Gasteiger partial charge in [0, 0.05) is 37.5 Å². The second kappa shape index (κ2) is 13.1. The van der Waals surface area contributed by atoms with Crippen LogP contribution in [0.2, 0.25) is 5.02 Å². The number of hydrogen-bond donors (Lipinski definition) is 1. The number of hydrogen-bond acceptors (Lipinski definition) is 5. The molecule has 0 spiro atoms. The van der Waals surface area contributed by atoms with E-state index in [1.54, 1.807) is 30.3 Å². The molecule has 8 nitrogen and oxygen atoms in total. The van der Waals surface area contributed by atoms with Gasteiger partial charge in [-0.3, -0.25) is 14.4 Å². The lowest BCUT2D eigenvalue weighted by molar-refractivity contribution is -0.141. The van der Waals surface area contributed by atoms with E-state index < -0.39 is 27.9 Å². The standard InChI is InChI=1S/C30H32ClN3O5S/c1-2-3-17-32-29(36)26(20-22-10-5-4-6-11-22)33(21-23-12-9-13-24(31)19-23)28(35)16-18-34-30(37)25-14-7-8-15-27(25)40(34,38)39/h4-15,19,26H,2-3,16-18,20-21H2,1H3,(H,32,36). The van der Waals surface area contributed by atoms with E-state index in [4.69, 9.17) is 11.6 Å². The van der Waals surface area contributed by atoms with E-state index in [0.717, 1.165) is 28.3 Å². The number of fused-ring (bicyclic) bond motifs is 1. The van der Waals surface area contributed by atoms with Crippen molar-refractivity contribution in [1.29, 1.82) is 0 Å². The molecule has 1 aliphatic rings. The van der Waals surface area contributed by atoms with Gasteiger partial charge in [-0.15, -0.1) is 0 Å². The average Bonchev–Trinajstić information content (AvgIpc) is 3.14. The molecule has 1 N–H and O–H groups in total. The van der Waals surface area contributed by atoms with Gasteiger partial charge >= 0.3 is 0 Å². The molecule has 0 aliphatic carbocycles. The molecule has 3 aromatic carbocycles. The Kier molecular flexibility index (Phi) is 9.60. The third-order valence-corrected chi connectivity index (χ3v) is 8.86. The molecule has 3 amide bonds. The Morgan fingerprint density at radius 2 is 1.68 bits per heavy atom. The van der Waals surface area contributed by atoms with Gasteiger partial charge in [-0.2, -0.15) is 0 Å². The molecule has 0 bridgehead atoms. The molecule has 3 aromatic rings. The van der Waals surface area contributed by atoms with Gasteiger partial charge < -0.3 is 10.2 Å². The van der Waals surface area contributed by atoms with Gasteiger partial charge in [-0.1, -0.05) is 79.5 Å². The first-order chi connectivity index (χ1) is 19.2. The van der Waals surface area contributed by atoms with E-state index in [9.17, 15) is 22.8 Å². The zero-order valence-electron chi connectivity index (χ0n) is 22.3. The molecule has 0 saturated heterocycles. The van der Waals surface area contributed by atoms with Crippen LogP contribution >= 0.6 is 11.6 Å². The summed E-state index contributed by atoms with van der Waals surface area (Å²) in [5.41, 5.74) is 1.68. The number of rotatable bonds is 12. The zero-order valence-corrected chi connectivity index (χ0v) is 23.8. The van der Waals surface area contributed by atoms with Crippen LogP contribution in [-0.2, 0) is 32.6 Å². The fraction of sp³-hybridized carbons (Fsp3) is 0.300. The number of carbonyl (C=O) groups excluding carboxylic acids is 3. The van der Waals surface area contributed by atoms with Crippen LogP contribution in [0.25, 0.3) is 0 Å². The fourth-order valence-electron chi connectivity index (χ4n) is 4.69. The second-order valence-electron chi connectivity index (χ2n) is 9.63. The summed E-state index contributed by atoms with van der Waals surface area (Å²) in [6.07, 6.45) is 1.67. The number of sulfonamides is 1. The first-order valence-electron chi connectivity index (χ1n) is 13.2. The summed E-state index contributed by atoms with van der Waals surface area (Å²) >= 11 is 6.21. The van der Waals surface area contributed by atoms with Crippen LogP contribution in [0.4, 0.5) is 0 Å². The Morgan fingerprint density at radius 1 is 0.975 bits per heavy atom. The topological polar surface area (TPSA) is 104 Å². The average molecular weight is 582 g/mol. The first kappa shape index (κ1) is 29.3. The van der Waals surface area contributed by atoms with E-state index in [1.165, 1.54) is 17.0 Å². The third-order valence-electron chi connectivity index (χ3n) is 6.78. The van der Waals surface area contributed by atoms with Gasteiger partial charge in [-0.25, -0.2) is 12.7 Å². The van der Waals surface area contributed by atoms with Gasteiger partial charge in [0.25, 0.3) is 15.9 Å². The van der Waals surface area contributed by atoms with Gasteiger partial charge in [0.15, 0.2) is 0 Å². The van der Waals surface area contributed by atoms with Gasteiger partial charge in [-0.05, 0) is 41.8 Å². The monoisotopic (exact) mass is 581 g/mol. The number of carbonyl (C=O) groups is 3. The van der Waals surface area contributed by atoms with Crippen LogP contribution < -0.4 is 5.32 Å². The number of nitrogens with one attached hydrogen (secondary N) is 1. The van der Waals surface area contributed by atoms with Crippen molar-refractivity contribution in [3.05, 3.63) is 101 Å². The maximum Gasteiger partial charge on any atom is 0.269 e. The molecule has 1 atom stereocenters. The minimum atomic E-state index is -4.07.